The number of nitro groups is 1. The molecule has 1 amide bonds. The van der Waals surface area contributed by atoms with Crippen molar-refractivity contribution in [2.75, 3.05) is 0 Å². The zero-order valence-electron chi connectivity index (χ0n) is 13.2. The van der Waals surface area contributed by atoms with Gasteiger partial charge in [-0.05, 0) is 29.8 Å². The van der Waals surface area contributed by atoms with Gasteiger partial charge in [0.05, 0.1) is 22.4 Å². The molecule has 0 radical (unpaired) electrons. The molecule has 0 saturated heterocycles. The van der Waals surface area contributed by atoms with Crippen LogP contribution in [0.4, 0.5) is 10.1 Å². The topological polar surface area (TPSA) is 101 Å². The lowest BCUT2D eigenvalue weighted by Gasteiger charge is -2.08. The Kier molecular flexibility index (Phi) is 4.94. The van der Waals surface area contributed by atoms with E-state index in [1.54, 1.807) is 0 Å². The van der Waals surface area contributed by atoms with E-state index in [0.717, 1.165) is 0 Å². The van der Waals surface area contributed by atoms with E-state index in [2.05, 4.69) is 15.5 Å². The number of aromatic nitrogens is 2. The number of aromatic amines is 1. The van der Waals surface area contributed by atoms with Crippen LogP contribution >= 0.6 is 11.6 Å². The van der Waals surface area contributed by atoms with E-state index < -0.39 is 16.6 Å². The minimum atomic E-state index is -0.503. The summed E-state index contributed by atoms with van der Waals surface area (Å²) < 4.78 is 13.1. The zero-order valence-corrected chi connectivity index (χ0v) is 14.0. The van der Waals surface area contributed by atoms with Gasteiger partial charge >= 0.3 is 0 Å². The summed E-state index contributed by atoms with van der Waals surface area (Å²) in [5.41, 5.74) is 1.81. The number of nitrogens with one attached hydrogen (secondary N) is 2. The molecule has 0 fully saturated rings. The normalized spacial score (nSPS) is 10.5. The van der Waals surface area contributed by atoms with Crippen molar-refractivity contribution in [3.05, 3.63) is 80.7 Å². The van der Waals surface area contributed by atoms with Gasteiger partial charge in [0, 0.05) is 29.3 Å². The molecule has 0 unspecified atom stereocenters. The first-order valence-corrected chi connectivity index (χ1v) is 7.84. The number of hydrogen-bond acceptors (Lipinski definition) is 4. The number of carbonyl (C=O) groups is 1. The molecule has 0 saturated carbocycles. The average Bonchev–Trinajstić information content (AvgIpc) is 3.10. The molecule has 132 valence electrons. The number of nitrogens with zero attached hydrogens (tertiary/aromatic N) is 2. The van der Waals surface area contributed by atoms with Gasteiger partial charge in [-0.3, -0.25) is 20.0 Å². The maximum Gasteiger partial charge on any atom is 0.269 e. The summed E-state index contributed by atoms with van der Waals surface area (Å²) in [5, 5.41) is 20.2. The molecule has 7 nitrogen and oxygen atoms in total. The Morgan fingerprint density at radius 1 is 1.27 bits per heavy atom. The summed E-state index contributed by atoms with van der Waals surface area (Å²) in [6.07, 6.45) is 1.36. The highest BCUT2D eigenvalue weighted by Crippen LogP contribution is 2.24. The van der Waals surface area contributed by atoms with Gasteiger partial charge in [-0.2, -0.15) is 5.10 Å². The first kappa shape index (κ1) is 17.6. The Morgan fingerprint density at radius 3 is 2.65 bits per heavy atom. The molecule has 0 bridgehead atoms. The SMILES string of the molecule is O=C(NCc1ccc(F)cc1Cl)c1cn[nH]c1-c1ccc([N+](=O)[O-])cc1. The maximum atomic E-state index is 13.1. The second-order valence-electron chi connectivity index (χ2n) is 5.38. The van der Waals surface area contributed by atoms with Crippen LogP contribution in [0, 0.1) is 15.9 Å². The van der Waals surface area contributed by atoms with Gasteiger partial charge in [0.2, 0.25) is 0 Å². The van der Waals surface area contributed by atoms with Crippen LogP contribution in [0.2, 0.25) is 5.02 Å². The van der Waals surface area contributed by atoms with Crippen molar-refractivity contribution in [2.45, 2.75) is 6.54 Å². The standard InChI is InChI=1S/C17H12ClFN4O3/c18-15-7-12(19)4-1-11(15)8-20-17(24)14-9-21-22-16(14)10-2-5-13(6-3-10)23(25)26/h1-7,9H,8H2,(H,20,24)(H,21,22). The van der Waals surface area contributed by atoms with Crippen molar-refractivity contribution in [1.82, 2.24) is 15.5 Å². The van der Waals surface area contributed by atoms with Crippen LogP contribution in [0.15, 0.2) is 48.7 Å². The Morgan fingerprint density at radius 2 is 2.00 bits per heavy atom. The smallest absolute Gasteiger partial charge is 0.269 e. The second-order valence-corrected chi connectivity index (χ2v) is 5.79. The number of nitro benzene ring substituents is 1. The third kappa shape index (κ3) is 3.70. The lowest BCUT2D eigenvalue weighted by molar-refractivity contribution is -0.384. The Labute approximate surface area is 152 Å². The summed E-state index contributed by atoms with van der Waals surface area (Å²) in [4.78, 5) is 22.7. The van der Waals surface area contributed by atoms with Gasteiger partial charge in [-0.1, -0.05) is 17.7 Å². The highest BCUT2D eigenvalue weighted by molar-refractivity contribution is 6.31. The van der Waals surface area contributed by atoms with E-state index in [9.17, 15) is 19.3 Å². The van der Waals surface area contributed by atoms with Gasteiger partial charge in [0.15, 0.2) is 0 Å². The summed E-state index contributed by atoms with van der Waals surface area (Å²) in [7, 11) is 0. The minimum Gasteiger partial charge on any atom is -0.348 e. The number of rotatable bonds is 5. The Hall–Kier alpha value is -3.26. The Bertz CT molecular complexity index is 972. The van der Waals surface area contributed by atoms with Crippen LogP contribution in [0.1, 0.15) is 15.9 Å². The molecule has 0 aliphatic rings. The number of hydrogen-bond donors (Lipinski definition) is 2. The molecule has 0 aliphatic carbocycles. The van der Waals surface area contributed by atoms with Crippen molar-refractivity contribution in [1.29, 1.82) is 0 Å². The van der Waals surface area contributed by atoms with Gasteiger partial charge < -0.3 is 5.32 Å². The predicted octanol–water partition coefficient (Wildman–Crippen LogP) is 3.71. The second kappa shape index (κ2) is 7.32. The molecule has 2 aromatic carbocycles. The molecule has 2 N–H and O–H groups in total. The fourth-order valence-electron chi connectivity index (χ4n) is 2.36. The first-order valence-electron chi connectivity index (χ1n) is 7.46. The molecule has 9 heteroatoms. The highest BCUT2D eigenvalue weighted by atomic mass is 35.5. The average molecular weight is 375 g/mol. The van der Waals surface area contributed by atoms with Gasteiger partial charge in [-0.15, -0.1) is 0 Å². The lowest BCUT2D eigenvalue weighted by Crippen LogP contribution is -2.23. The summed E-state index contributed by atoms with van der Waals surface area (Å²) in [5.74, 6) is -0.868. The largest absolute Gasteiger partial charge is 0.348 e. The van der Waals surface area contributed by atoms with Crippen molar-refractivity contribution in [2.24, 2.45) is 0 Å². The third-order valence-electron chi connectivity index (χ3n) is 3.71. The number of carbonyl (C=O) groups excluding carboxylic acids is 1. The molecule has 3 aromatic rings. The molecule has 3 rings (SSSR count). The van der Waals surface area contributed by atoms with Gasteiger partial charge in [0.1, 0.15) is 5.82 Å². The van der Waals surface area contributed by atoms with E-state index >= 15 is 0 Å². The van der Waals surface area contributed by atoms with Gasteiger partial charge in [-0.25, -0.2) is 4.39 Å². The van der Waals surface area contributed by atoms with E-state index in [-0.39, 0.29) is 22.8 Å². The predicted molar refractivity (Wildman–Crippen MR) is 93.3 cm³/mol. The molecule has 26 heavy (non-hydrogen) atoms. The number of H-pyrrole nitrogens is 1. The van der Waals surface area contributed by atoms with Crippen molar-refractivity contribution in [3.8, 4) is 11.3 Å². The summed E-state index contributed by atoms with van der Waals surface area (Å²) in [6.45, 7) is 0.114. The Balaban J connectivity index is 1.77. The monoisotopic (exact) mass is 374 g/mol. The van der Waals surface area contributed by atoms with Gasteiger partial charge in [0.25, 0.3) is 11.6 Å². The quantitative estimate of drug-likeness (QED) is 0.525. The van der Waals surface area contributed by atoms with Crippen molar-refractivity contribution in [3.63, 3.8) is 0 Å². The van der Waals surface area contributed by atoms with E-state index in [1.807, 2.05) is 0 Å². The molecule has 0 aliphatic heterocycles. The maximum absolute atomic E-state index is 13.1. The van der Waals surface area contributed by atoms with Crippen LogP contribution in [0.25, 0.3) is 11.3 Å². The summed E-state index contributed by atoms with van der Waals surface area (Å²) in [6, 6.07) is 9.66. The molecule has 1 aromatic heterocycles. The van der Waals surface area contributed by atoms with Crippen LogP contribution in [-0.2, 0) is 6.54 Å². The van der Waals surface area contributed by atoms with Crippen LogP contribution < -0.4 is 5.32 Å². The summed E-state index contributed by atoms with van der Waals surface area (Å²) >= 11 is 5.94. The zero-order chi connectivity index (χ0) is 18.7. The third-order valence-corrected chi connectivity index (χ3v) is 4.06. The molecular formula is C17H12ClFN4O3. The van der Waals surface area contributed by atoms with E-state index in [1.165, 1.54) is 48.7 Å². The number of non-ortho nitro benzene ring substituents is 1. The minimum absolute atomic E-state index is 0.0507. The highest BCUT2D eigenvalue weighted by Gasteiger charge is 2.16. The molecule has 0 atom stereocenters. The first-order chi connectivity index (χ1) is 12.5. The number of amides is 1. The molecule has 1 heterocycles. The molecule has 0 spiro atoms. The van der Waals surface area contributed by atoms with Crippen LogP contribution in [0.5, 0.6) is 0 Å². The van der Waals surface area contributed by atoms with Crippen LogP contribution in [-0.4, -0.2) is 21.0 Å². The number of halogens is 2. The fourth-order valence-corrected chi connectivity index (χ4v) is 2.60. The van der Waals surface area contributed by atoms with E-state index in [4.69, 9.17) is 11.6 Å². The van der Waals surface area contributed by atoms with Crippen molar-refractivity contribution < 1.29 is 14.1 Å². The lowest BCUT2D eigenvalue weighted by atomic mass is 10.1. The fraction of sp³-hybridized carbons (Fsp3) is 0.0588. The number of benzene rings is 2. The van der Waals surface area contributed by atoms with Crippen LogP contribution in [0.3, 0.4) is 0 Å². The molecular weight excluding hydrogens is 363 g/mol. The van der Waals surface area contributed by atoms with E-state index in [0.29, 0.717) is 16.8 Å². The van der Waals surface area contributed by atoms with Crippen molar-refractivity contribution >= 4 is 23.2 Å².